The van der Waals surface area contributed by atoms with Crippen LogP contribution in [0.15, 0.2) is 42.5 Å². The van der Waals surface area contributed by atoms with Crippen LogP contribution in [0.1, 0.15) is 12.5 Å². The lowest BCUT2D eigenvalue weighted by Gasteiger charge is -2.38. The molecule has 2 aromatic carbocycles. The third-order valence-electron chi connectivity index (χ3n) is 4.32. The van der Waals surface area contributed by atoms with Gasteiger partial charge in [-0.05, 0) is 23.3 Å². The number of benzene rings is 2. The Bertz CT molecular complexity index is 759. The van der Waals surface area contributed by atoms with Crippen LogP contribution in [0.25, 0.3) is 10.8 Å². The van der Waals surface area contributed by atoms with Crippen LogP contribution in [0.4, 0.5) is 0 Å². The van der Waals surface area contributed by atoms with Gasteiger partial charge in [-0.1, -0.05) is 42.5 Å². The number of carbonyl (C=O) groups is 2. The minimum atomic E-state index is -1.10. The molecule has 3 rings (SSSR count). The number of hydrogen-bond acceptors (Lipinski definition) is 3. The summed E-state index contributed by atoms with van der Waals surface area (Å²) in [6, 6.07) is 14.1. The van der Waals surface area contributed by atoms with Crippen LogP contribution in [0, 0.1) is 0 Å². The van der Waals surface area contributed by atoms with Gasteiger partial charge in [-0.15, -0.1) is 0 Å². The number of hydrogen-bond donors (Lipinski definition) is 1. The van der Waals surface area contributed by atoms with Crippen LogP contribution in [-0.4, -0.2) is 42.0 Å². The molecule has 0 aliphatic carbocycles. The Morgan fingerprint density at radius 1 is 1.22 bits per heavy atom. The highest BCUT2D eigenvalue weighted by Crippen LogP contribution is 2.20. The van der Waals surface area contributed by atoms with E-state index in [4.69, 9.17) is 10.5 Å². The van der Waals surface area contributed by atoms with E-state index in [1.54, 1.807) is 11.8 Å². The number of amides is 2. The summed E-state index contributed by atoms with van der Waals surface area (Å²) < 4.78 is 5.45. The number of carbonyl (C=O) groups excluding carboxylic acids is 2. The molecule has 1 aliphatic rings. The summed E-state index contributed by atoms with van der Waals surface area (Å²) in [4.78, 5) is 25.7. The SMILES string of the molecule is CC1(C(N)=O)CN(C(=O)Cc2ccc3ccccc3c2)CCO1. The number of morpholine rings is 1. The van der Waals surface area contributed by atoms with Gasteiger partial charge in [0.15, 0.2) is 5.60 Å². The summed E-state index contributed by atoms with van der Waals surface area (Å²) in [6.45, 7) is 2.64. The number of primary amides is 1. The molecule has 0 radical (unpaired) electrons. The largest absolute Gasteiger partial charge is 0.367 e. The first kappa shape index (κ1) is 15.5. The second-order valence-electron chi connectivity index (χ2n) is 6.12. The fourth-order valence-electron chi connectivity index (χ4n) is 2.87. The van der Waals surface area contributed by atoms with E-state index in [2.05, 4.69) is 0 Å². The van der Waals surface area contributed by atoms with Crippen LogP contribution in [0.5, 0.6) is 0 Å². The van der Waals surface area contributed by atoms with Gasteiger partial charge >= 0.3 is 0 Å². The fourth-order valence-corrected chi connectivity index (χ4v) is 2.87. The number of rotatable bonds is 3. The second-order valence-corrected chi connectivity index (χ2v) is 6.12. The molecule has 0 aromatic heterocycles. The van der Waals surface area contributed by atoms with Crippen molar-refractivity contribution in [2.24, 2.45) is 5.73 Å². The highest BCUT2D eigenvalue weighted by atomic mass is 16.5. The Balaban J connectivity index is 1.74. The molecule has 2 aromatic rings. The van der Waals surface area contributed by atoms with Crippen molar-refractivity contribution in [2.75, 3.05) is 19.7 Å². The van der Waals surface area contributed by atoms with E-state index in [0.29, 0.717) is 19.6 Å². The average Bonchev–Trinajstić information content (AvgIpc) is 2.54. The molecule has 1 unspecified atom stereocenters. The lowest BCUT2D eigenvalue weighted by molar-refractivity contribution is -0.160. The van der Waals surface area contributed by atoms with Gasteiger partial charge in [0.05, 0.1) is 19.6 Å². The standard InChI is InChI=1S/C18H20N2O3/c1-18(17(19)22)12-20(8-9-23-18)16(21)11-13-6-7-14-4-2-3-5-15(14)10-13/h2-7,10H,8-9,11-12H2,1H3,(H2,19,22). The zero-order chi connectivity index (χ0) is 16.4. The maximum atomic E-state index is 12.5. The van der Waals surface area contributed by atoms with Crippen molar-refractivity contribution in [1.29, 1.82) is 0 Å². The van der Waals surface area contributed by atoms with Gasteiger partial charge < -0.3 is 15.4 Å². The minimum Gasteiger partial charge on any atom is -0.367 e. The van der Waals surface area contributed by atoms with Crippen LogP contribution >= 0.6 is 0 Å². The molecule has 5 heteroatoms. The summed E-state index contributed by atoms with van der Waals surface area (Å²) in [5, 5.41) is 2.26. The van der Waals surface area contributed by atoms with Crippen molar-refractivity contribution in [3.63, 3.8) is 0 Å². The minimum absolute atomic E-state index is 0.0175. The molecular formula is C18H20N2O3. The smallest absolute Gasteiger partial charge is 0.251 e. The summed E-state index contributed by atoms with van der Waals surface area (Å²) in [5.74, 6) is -0.559. The Hall–Kier alpha value is -2.40. The highest BCUT2D eigenvalue weighted by molar-refractivity contribution is 5.87. The van der Waals surface area contributed by atoms with E-state index in [1.807, 2.05) is 42.5 Å². The lowest BCUT2D eigenvalue weighted by Crippen LogP contribution is -2.58. The van der Waals surface area contributed by atoms with Gasteiger partial charge in [-0.3, -0.25) is 9.59 Å². The van der Waals surface area contributed by atoms with E-state index in [0.717, 1.165) is 16.3 Å². The molecule has 5 nitrogen and oxygen atoms in total. The van der Waals surface area contributed by atoms with Crippen molar-refractivity contribution in [3.8, 4) is 0 Å². The van der Waals surface area contributed by atoms with Gasteiger partial charge in [-0.2, -0.15) is 0 Å². The molecule has 0 bridgehead atoms. The zero-order valence-electron chi connectivity index (χ0n) is 13.1. The number of nitrogens with zero attached hydrogens (tertiary/aromatic N) is 1. The first-order valence-corrected chi connectivity index (χ1v) is 7.67. The Morgan fingerprint density at radius 2 is 1.96 bits per heavy atom. The van der Waals surface area contributed by atoms with Gasteiger partial charge in [0.25, 0.3) is 5.91 Å². The van der Waals surface area contributed by atoms with E-state index in [9.17, 15) is 9.59 Å². The Labute approximate surface area is 135 Å². The van der Waals surface area contributed by atoms with Crippen molar-refractivity contribution < 1.29 is 14.3 Å². The van der Waals surface area contributed by atoms with Crippen LogP contribution < -0.4 is 5.73 Å². The first-order valence-electron chi connectivity index (χ1n) is 7.67. The molecule has 1 heterocycles. The second kappa shape index (κ2) is 6.01. The van der Waals surface area contributed by atoms with E-state index < -0.39 is 11.5 Å². The molecule has 1 saturated heterocycles. The molecule has 1 aliphatic heterocycles. The molecule has 120 valence electrons. The van der Waals surface area contributed by atoms with Crippen molar-refractivity contribution >= 4 is 22.6 Å². The topological polar surface area (TPSA) is 72.6 Å². The van der Waals surface area contributed by atoms with E-state index in [-0.39, 0.29) is 12.5 Å². The Morgan fingerprint density at radius 3 is 2.70 bits per heavy atom. The molecule has 23 heavy (non-hydrogen) atoms. The van der Waals surface area contributed by atoms with Crippen molar-refractivity contribution in [2.45, 2.75) is 18.9 Å². The number of nitrogens with two attached hydrogens (primary N) is 1. The molecule has 2 N–H and O–H groups in total. The predicted molar refractivity (Wildman–Crippen MR) is 87.8 cm³/mol. The summed E-state index contributed by atoms with van der Waals surface area (Å²) in [7, 11) is 0. The number of ether oxygens (including phenoxy) is 1. The van der Waals surface area contributed by atoms with Crippen LogP contribution in [-0.2, 0) is 20.7 Å². The highest BCUT2D eigenvalue weighted by Gasteiger charge is 2.39. The average molecular weight is 312 g/mol. The van der Waals surface area contributed by atoms with Gasteiger partial charge in [0.1, 0.15) is 0 Å². The van der Waals surface area contributed by atoms with Gasteiger partial charge in [-0.25, -0.2) is 0 Å². The monoisotopic (exact) mass is 312 g/mol. The molecule has 0 saturated carbocycles. The third kappa shape index (κ3) is 3.19. The van der Waals surface area contributed by atoms with Crippen LogP contribution in [0.3, 0.4) is 0 Å². The zero-order valence-corrected chi connectivity index (χ0v) is 13.1. The summed E-state index contributed by atoms with van der Waals surface area (Å²) in [6.07, 6.45) is 0.305. The normalized spacial score (nSPS) is 21.3. The maximum absolute atomic E-state index is 12.5. The molecule has 1 fully saturated rings. The van der Waals surface area contributed by atoms with Crippen LogP contribution in [0.2, 0.25) is 0 Å². The summed E-state index contributed by atoms with van der Waals surface area (Å²) >= 11 is 0. The molecule has 2 amide bonds. The van der Waals surface area contributed by atoms with Gasteiger partial charge in [0, 0.05) is 6.54 Å². The first-order chi connectivity index (χ1) is 11.0. The van der Waals surface area contributed by atoms with Crippen molar-refractivity contribution in [1.82, 2.24) is 4.90 Å². The van der Waals surface area contributed by atoms with E-state index in [1.165, 1.54) is 0 Å². The molecule has 0 spiro atoms. The lowest BCUT2D eigenvalue weighted by atomic mass is 10.0. The van der Waals surface area contributed by atoms with E-state index >= 15 is 0 Å². The quantitative estimate of drug-likeness (QED) is 0.933. The summed E-state index contributed by atoms with van der Waals surface area (Å²) in [5.41, 5.74) is 5.24. The van der Waals surface area contributed by atoms with Crippen molar-refractivity contribution in [3.05, 3.63) is 48.0 Å². The Kier molecular flexibility index (Phi) is 4.05. The molecule has 1 atom stereocenters. The third-order valence-corrected chi connectivity index (χ3v) is 4.32. The fraction of sp³-hybridized carbons (Fsp3) is 0.333. The molecular weight excluding hydrogens is 292 g/mol. The number of fused-ring (bicyclic) bond motifs is 1. The van der Waals surface area contributed by atoms with Gasteiger partial charge in [0.2, 0.25) is 5.91 Å². The predicted octanol–water partition coefficient (Wildman–Crippen LogP) is 1.49. The maximum Gasteiger partial charge on any atom is 0.251 e.